The normalized spacial score (nSPS) is 17.2. The maximum Gasteiger partial charge on any atom is 0.246 e. The standard InChI is InChI=1S/C16H22F2N2O3S/c1-12(16(21)19-9-5-3-4-6-10-19)20(24(2,22)23)13-7-8-14(17)15(18)11-13/h7-8,11-12H,3-6,9-10H2,1-2H3/t12-/m0/s1. The highest BCUT2D eigenvalue weighted by Gasteiger charge is 2.32. The number of halogens is 2. The summed E-state index contributed by atoms with van der Waals surface area (Å²) in [7, 11) is -3.84. The molecule has 0 spiro atoms. The molecular formula is C16H22F2N2O3S. The fourth-order valence-electron chi connectivity index (χ4n) is 2.98. The molecule has 0 N–H and O–H groups in total. The van der Waals surface area contributed by atoms with E-state index in [0.717, 1.165) is 54.4 Å². The van der Waals surface area contributed by atoms with Gasteiger partial charge in [0, 0.05) is 19.2 Å². The van der Waals surface area contributed by atoms with Crippen molar-refractivity contribution in [1.82, 2.24) is 4.90 Å². The second-order valence-electron chi connectivity index (χ2n) is 6.07. The fraction of sp³-hybridized carbons (Fsp3) is 0.562. The zero-order valence-corrected chi connectivity index (χ0v) is 14.7. The lowest BCUT2D eigenvalue weighted by atomic mass is 10.2. The summed E-state index contributed by atoms with van der Waals surface area (Å²) in [6.45, 7) is 2.63. The Hall–Kier alpha value is -1.70. The highest BCUT2D eigenvalue weighted by atomic mass is 32.2. The zero-order chi connectivity index (χ0) is 17.9. The van der Waals surface area contributed by atoms with Crippen LogP contribution in [0.25, 0.3) is 0 Å². The molecule has 0 bridgehead atoms. The number of hydrogen-bond acceptors (Lipinski definition) is 3. The van der Waals surface area contributed by atoms with Gasteiger partial charge in [0.25, 0.3) is 0 Å². The van der Waals surface area contributed by atoms with E-state index in [1.807, 2.05) is 0 Å². The van der Waals surface area contributed by atoms with Gasteiger partial charge in [-0.2, -0.15) is 0 Å². The van der Waals surface area contributed by atoms with Gasteiger partial charge in [-0.15, -0.1) is 0 Å². The Morgan fingerprint density at radius 2 is 1.71 bits per heavy atom. The van der Waals surface area contributed by atoms with Crippen LogP contribution in [0.4, 0.5) is 14.5 Å². The number of anilines is 1. The van der Waals surface area contributed by atoms with Gasteiger partial charge >= 0.3 is 0 Å². The third kappa shape index (κ3) is 4.23. The van der Waals surface area contributed by atoms with E-state index in [4.69, 9.17) is 0 Å². The minimum atomic E-state index is -3.84. The van der Waals surface area contributed by atoms with Crippen LogP contribution in [0.3, 0.4) is 0 Å². The Kier molecular flexibility index (Phi) is 5.79. The molecule has 2 rings (SSSR count). The molecule has 8 heteroatoms. The lowest BCUT2D eigenvalue weighted by molar-refractivity contribution is -0.131. The van der Waals surface area contributed by atoms with Gasteiger partial charge in [-0.25, -0.2) is 17.2 Å². The minimum Gasteiger partial charge on any atom is -0.341 e. The number of hydrogen-bond donors (Lipinski definition) is 0. The predicted octanol–water partition coefficient (Wildman–Crippen LogP) is 2.52. The van der Waals surface area contributed by atoms with Gasteiger partial charge in [0.05, 0.1) is 11.9 Å². The molecule has 1 aromatic rings. The van der Waals surface area contributed by atoms with E-state index in [9.17, 15) is 22.0 Å². The van der Waals surface area contributed by atoms with Crippen LogP contribution in [0.15, 0.2) is 18.2 Å². The number of benzene rings is 1. The second kappa shape index (κ2) is 7.46. The molecular weight excluding hydrogens is 338 g/mol. The van der Waals surface area contributed by atoms with Crippen molar-refractivity contribution in [3.05, 3.63) is 29.8 Å². The number of carbonyl (C=O) groups excluding carboxylic acids is 1. The maximum absolute atomic E-state index is 13.5. The molecule has 0 radical (unpaired) electrons. The molecule has 5 nitrogen and oxygen atoms in total. The Balaban J connectivity index is 2.33. The fourth-order valence-corrected chi connectivity index (χ4v) is 4.14. The van der Waals surface area contributed by atoms with E-state index < -0.39 is 27.7 Å². The number of rotatable bonds is 4. The van der Waals surface area contributed by atoms with E-state index in [1.54, 1.807) is 4.90 Å². The highest BCUT2D eigenvalue weighted by molar-refractivity contribution is 7.92. The van der Waals surface area contributed by atoms with Crippen LogP contribution < -0.4 is 4.31 Å². The van der Waals surface area contributed by atoms with Crippen molar-refractivity contribution in [2.75, 3.05) is 23.7 Å². The number of likely N-dealkylation sites (tertiary alicyclic amines) is 1. The molecule has 1 heterocycles. The Bertz CT molecular complexity index is 701. The van der Waals surface area contributed by atoms with E-state index in [-0.39, 0.29) is 11.6 Å². The predicted molar refractivity (Wildman–Crippen MR) is 88.2 cm³/mol. The molecule has 1 fully saturated rings. The maximum atomic E-state index is 13.5. The van der Waals surface area contributed by atoms with Gasteiger partial charge in [-0.1, -0.05) is 12.8 Å². The Morgan fingerprint density at radius 3 is 2.21 bits per heavy atom. The summed E-state index contributed by atoms with van der Waals surface area (Å²) in [6, 6.07) is 1.78. The zero-order valence-electron chi connectivity index (χ0n) is 13.8. The van der Waals surface area contributed by atoms with Crippen molar-refractivity contribution in [1.29, 1.82) is 0 Å². The Morgan fingerprint density at radius 1 is 1.12 bits per heavy atom. The summed E-state index contributed by atoms with van der Waals surface area (Å²) in [4.78, 5) is 14.4. The molecule has 0 unspecified atom stereocenters. The summed E-state index contributed by atoms with van der Waals surface area (Å²) in [6.07, 6.45) is 4.78. The average molecular weight is 360 g/mol. The van der Waals surface area contributed by atoms with Crippen molar-refractivity contribution < 1.29 is 22.0 Å². The van der Waals surface area contributed by atoms with Crippen molar-refractivity contribution in [2.24, 2.45) is 0 Å². The van der Waals surface area contributed by atoms with Gasteiger partial charge in [0.1, 0.15) is 6.04 Å². The topological polar surface area (TPSA) is 57.7 Å². The molecule has 1 atom stereocenters. The van der Waals surface area contributed by atoms with Gasteiger partial charge in [-0.3, -0.25) is 9.10 Å². The van der Waals surface area contributed by atoms with E-state index in [2.05, 4.69) is 0 Å². The number of sulfonamides is 1. The summed E-state index contributed by atoms with van der Waals surface area (Å²) >= 11 is 0. The molecule has 0 saturated carbocycles. The van der Waals surface area contributed by atoms with Gasteiger partial charge < -0.3 is 4.90 Å². The average Bonchev–Trinajstić information content (AvgIpc) is 2.78. The van der Waals surface area contributed by atoms with Gasteiger partial charge in [0.2, 0.25) is 15.9 Å². The third-order valence-electron chi connectivity index (χ3n) is 4.14. The molecule has 1 aliphatic heterocycles. The van der Waals surface area contributed by atoms with E-state index in [0.29, 0.717) is 13.1 Å². The van der Waals surface area contributed by atoms with Crippen molar-refractivity contribution in [2.45, 2.75) is 38.6 Å². The molecule has 1 aromatic carbocycles. The third-order valence-corrected chi connectivity index (χ3v) is 5.38. The lowest BCUT2D eigenvalue weighted by Gasteiger charge is -2.32. The SMILES string of the molecule is C[C@@H](C(=O)N1CCCCCC1)N(c1ccc(F)c(F)c1)S(C)(=O)=O. The summed E-state index contributed by atoms with van der Waals surface area (Å²) in [5.41, 5.74) is -0.0629. The van der Waals surface area contributed by atoms with Crippen LogP contribution >= 0.6 is 0 Å². The van der Waals surface area contributed by atoms with Crippen LogP contribution in [0, 0.1) is 11.6 Å². The monoisotopic (exact) mass is 360 g/mol. The van der Waals surface area contributed by atoms with Crippen LogP contribution in [0.5, 0.6) is 0 Å². The van der Waals surface area contributed by atoms with Crippen LogP contribution in [-0.4, -0.2) is 44.6 Å². The van der Waals surface area contributed by atoms with Crippen LogP contribution in [0.2, 0.25) is 0 Å². The number of amides is 1. The molecule has 0 aromatic heterocycles. The summed E-state index contributed by atoms with van der Waals surface area (Å²) in [5, 5.41) is 0. The first-order valence-electron chi connectivity index (χ1n) is 7.95. The second-order valence-corrected chi connectivity index (χ2v) is 7.93. The smallest absolute Gasteiger partial charge is 0.246 e. The molecule has 1 aliphatic rings. The van der Waals surface area contributed by atoms with Crippen LogP contribution in [-0.2, 0) is 14.8 Å². The molecule has 1 amide bonds. The summed E-state index contributed by atoms with van der Waals surface area (Å²) < 4.78 is 51.8. The minimum absolute atomic E-state index is 0.0629. The quantitative estimate of drug-likeness (QED) is 0.829. The highest BCUT2D eigenvalue weighted by Crippen LogP contribution is 2.24. The molecule has 24 heavy (non-hydrogen) atoms. The van der Waals surface area contributed by atoms with Gasteiger partial charge in [-0.05, 0) is 31.9 Å². The van der Waals surface area contributed by atoms with Crippen molar-refractivity contribution in [3.63, 3.8) is 0 Å². The largest absolute Gasteiger partial charge is 0.341 e. The molecule has 1 saturated heterocycles. The first-order valence-corrected chi connectivity index (χ1v) is 9.80. The van der Waals surface area contributed by atoms with Gasteiger partial charge in [0.15, 0.2) is 11.6 Å². The molecule has 0 aliphatic carbocycles. The van der Waals surface area contributed by atoms with E-state index in [1.165, 1.54) is 6.92 Å². The first-order chi connectivity index (χ1) is 11.2. The number of nitrogens with zero attached hydrogens (tertiary/aromatic N) is 2. The van der Waals surface area contributed by atoms with Crippen molar-refractivity contribution in [3.8, 4) is 0 Å². The van der Waals surface area contributed by atoms with Crippen molar-refractivity contribution >= 4 is 21.6 Å². The molecule has 134 valence electrons. The lowest BCUT2D eigenvalue weighted by Crippen LogP contribution is -2.49. The summed E-state index contributed by atoms with van der Waals surface area (Å²) in [5.74, 6) is -2.55. The van der Waals surface area contributed by atoms with Crippen LogP contribution in [0.1, 0.15) is 32.6 Å². The number of carbonyl (C=O) groups is 1. The van der Waals surface area contributed by atoms with E-state index >= 15 is 0 Å². The first kappa shape index (κ1) is 18.6. The Labute approximate surface area is 141 Å².